The fraction of sp³-hybridized carbons (Fsp3) is 0.250. The Balaban J connectivity index is 1.78. The molecule has 0 spiro atoms. The highest BCUT2D eigenvalue weighted by Crippen LogP contribution is 2.45. The number of rotatable bonds is 4. The first-order valence-electron chi connectivity index (χ1n) is 9.01. The minimum Gasteiger partial charge on any atom is -0.417 e. The molecule has 1 fully saturated rings. The number of anilines is 1. The highest BCUT2D eigenvalue weighted by Gasteiger charge is 2.42. The molecule has 150 valence electrons. The summed E-state index contributed by atoms with van der Waals surface area (Å²) in [5.74, 6) is -1.97. The molecule has 0 amide bonds. The number of nitrogen functional groups attached to an aromatic ring is 1. The van der Waals surface area contributed by atoms with Crippen molar-refractivity contribution >= 4 is 5.82 Å². The number of nitrogens with zero attached hydrogens (tertiary/aromatic N) is 2. The van der Waals surface area contributed by atoms with Crippen LogP contribution in [0.25, 0.3) is 11.1 Å². The Labute approximate surface area is 163 Å². The number of alkyl halides is 3. The number of ether oxygens (including phenoxy) is 1. The molecule has 29 heavy (non-hydrogen) atoms. The molecule has 1 saturated carbocycles. The van der Waals surface area contributed by atoms with E-state index in [4.69, 9.17) is 10.5 Å². The number of nitrogens with one attached hydrogen (secondary N) is 1. The summed E-state index contributed by atoms with van der Waals surface area (Å²) in [6, 6.07) is 7.74. The van der Waals surface area contributed by atoms with E-state index in [1.54, 1.807) is 24.3 Å². The van der Waals surface area contributed by atoms with Gasteiger partial charge in [0.2, 0.25) is 0 Å². The van der Waals surface area contributed by atoms with Crippen molar-refractivity contribution in [3.05, 3.63) is 59.9 Å². The van der Waals surface area contributed by atoms with Gasteiger partial charge in [0.05, 0.1) is 12.3 Å². The van der Waals surface area contributed by atoms with Crippen LogP contribution in [0.2, 0.25) is 0 Å². The van der Waals surface area contributed by atoms with Crippen LogP contribution in [0, 0.1) is 5.82 Å². The summed E-state index contributed by atoms with van der Waals surface area (Å²) in [6.07, 6.45) is 0.543. The summed E-state index contributed by atoms with van der Waals surface area (Å²) in [5.41, 5.74) is 6.89. The minimum atomic E-state index is -4.67. The zero-order valence-electron chi connectivity index (χ0n) is 15.1. The molecule has 1 aliphatic carbocycles. The summed E-state index contributed by atoms with van der Waals surface area (Å²) in [6.45, 7) is 0. The number of halogens is 4. The van der Waals surface area contributed by atoms with Gasteiger partial charge >= 0.3 is 17.9 Å². The number of hydrogen-bond acceptors (Lipinski definition) is 4. The van der Waals surface area contributed by atoms with Gasteiger partial charge in [-0.15, -0.1) is 0 Å². The third-order valence-electron chi connectivity index (χ3n) is 4.91. The van der Waals surface area contributed by atoms with Gasteiger partial charge in [-0.3, -0.25) is 0 Å². The van der Waals surface area contributed by atoms with Crippen LogP contribution < -0.4 is 15.5 Å². The maximum atomic E-state index is 15.4. The highest BCUT2D eigenvalue weighted by molar-refractivity contribution is 5.67. The predicted octanol–water partition coefficient (Wildman–Crippen LogP) is 4.76. The van der Waals surface area contributed by atoms with Gasteiger partial charge in [-0.2, -0.15) is 13.2 Å². The average Bonchev–Trinajstić information content (AvgIpc) is 2.64. The zero-order chi connectivity index (χ0) is 20.6. The first kappa shape index (κ1) is 19.1. The SMILES string of the molecule is Nc1ccc(-c2ccc(C3CCC3)c(Oc3cc[nH+]c(C(F)(F)F)n3)c2F)cn1. The summed E-state index contributed by atoms with van der Waals surface area (Å²) >= 11 is 0. The van der Waals surface area contributed by atoms with Gasteiger partial charge in [0.1, 0.15) is 5.82 Å². The molecule has 0 atom stereocenters. The second-order valence-corrected chi connectivity index (χ2v) is 6.82. The number of hydrogen-bond donors (Lipinski definition) is 1. The van der Waals surface area contributed by atoms with E-state index in [0.29, 0.717) is 16.9 Å². The molecule has 1 aromatic carbocycles. The Bertz CT molecular complexity index is 1030. The Morgan fingerprint density at radius 2 is 1.90 bits per heavy atom. The van der Waals surface area contributed by atoms with E-state index in [1.165, 1.54) is 12.3 Å². The fourth-order valence-corrected chi connectivity index (χ4v) is 3.18. The molecule has 2 aromatic heterocycles. The summed E-state index contributed by atoms with van der Waals surface area (Å²) in [7, 11) is 0. The van der Waals surface area contributed by atoms with Crippen molar-refractivity contribution in [2.45, 2.75) is 31.4 Å². The fourth-order valence-electron chi connectivity index (χ4n) is 3.18. The van der Waals surface area contributed by atoms with Crippen molar-refractivity contribution in [2.75, 3.05) is 5.73 Å². The smallest absolute Gasteiger partial charge is 0.417 e. The second kappa shape index (κ2) is 7.31. The number of aromatic amines is 1. The number of nitrogens with two attached hydrogens (primary N) is 1. The predicted molar refractivity (Wildman–Crippen MR) is 96.5 cm³/mol. The summed E-state index contributed by atoms with van der Waals surface area (Å²) in [4.78, 5) is 9.42. The maximum absolute atomic E-state index is 15.4. The van der Waals surface area contributed by atoms with Crippen molar-refractivity contribution in [2.24, 2.45) is 0 Å². The second-order valence-electron chi connectivity index (χ2n) is 6.82. The molecule has 0 unspecified atom stereocenters. The van der Waals surface area contributed by atoms with E-state index in [1.807, 2.05) is 4.98 Å². The van der Waals surface area contributed by atoms with Crippen molar-refractivity contribution in [1.29, 1.82) is 0 Å². The molecule has 0 radical (unpaired) electrons. The molecular weight excluding hydrogens is 388 g/mol. The average molecular weight is 405 g/mol. The molecule has 1 aliphatic rings. The van der Waals surface area contributed by atoms with Crippen molar-refractivity contribution in [3.63, 3.8) is 0 Å². The van der Waals surface area contributed by atoms with E-state index in [-0.39, 0.29) is 23.1 Å². The number of pyridine rings is 1. The molecule has 5 nitrogen and oxygen atoms in total. The summed E-state index contributed by atoms with van der Waals surface area (Å²) in [5, 5.41) is 0. The number of H-pyrrole nitrogens is 1. The van der Waals surface area contributed by atoms with Gasteiger partial charge < -0.3 is 10.5 Å². The van der Waals surface area contributed by atoms with Crippen molar-refractivity contribution in [3.8, 4) is 22.8 Å². The van der Waals surface area contributed by atoms with Gasteiger partial charge in [-0.05, 0) is 30.9 Å². The van der Waals surface area contributed by atoms with Crippen LogP contribution in [0.3, 0.4) is 0 Å². The molecular formula is C20H17F4N4O+. The Kier molecular flexibility index (Phi) is 4.81. The van der Waals surface area contributed by atoms with E-state index in [2.05, 4.69) is 9.97 Å². The highest BCUT2D eigenvalue weighted by atomic mass is 19.4. The van der Waals surface area contributed by atoms with Crippen LogP contribution in [0.1, 0.15) is 36.6 Å². The lowest BCUT2D eigenvalue weighted by molar-refractivity contribution is -0.432. The van der Waals surface area contributed by atoms with Gasteiger partial charge in [0.15, 0.2) is 11.6 Å². The quantitative estimate of drug-likeness (QED) is 0.635. The molecule has 3 N–H and O–H groups in total. The molecule has 0 aliphatic heterocycles. The largest absolute Gasteiger partial charge is 0.499 e. The van der Waals surface area contributed by atoms with Crippen LogP contribution in [-0.4, -0.2) is 9.97 Å². The van der Waals surface area contributed by atoms with Gasteiger partial charge in [-0.25, -0.2) is 14.4 Å². The molecule has 0 saturated heterocycles. The van der Waals surface area contributed by atoms with Crippen molar-refractivity contribution in [1.82, 2.24) is 9.97 Å². The van der Waals surface area contributed by atoms with Crippen LogP contribution >= 0.6 is 0 Å². The molecule has 3 aromatic rings. The standard InChI is InChI=1S/C20H16F4N4O/c21-17-13(12-4-7-15(25)27-10-12)5-6-14(11-2-1-3-11)18(17)29-16-8-9-26-19(28-16)20(22,23)24/h4-11H,1-3H2,(H2,25,27)/p+1. The number of aromatic nitrogens is 3. The zero-order valence-corrected chi connectivity index (χ0v) is 15.1. The molecule has 4 rings (SSSR count). The Morgan fingerprint density at radius 1 is 1.10 bits per heavy atom. The number of benzene rings is 1. The molecule has 0 bridgehead atoms. The topological polar surface area (TPSA) is 75.2 Å². The van der Waals surface area contributed by atoms with Crippen LogP contribution in [-0.2, 0) is 6.18 Å². The Hall–Kier alpha value is -3.23. The van der Waals surface area contributed by atoms with Crippen LogP contribution in [0.15, 0.2) is 42.7 Å². The Morgan fingerprint density at radius 3 is 2.52 bits per heavy atom. The third kappa shape index (κ3) is 3.85. The minimum absolute atomic E-state index is 0.0930. The van der Waals surface area contributed by atoms with Crippen LogP contribution in [0.4, 0.5) is 23.4 Å². The van der Waals surface area contributed by atoms with Crippen molar-refractivity contribution < 1.29 is 27.3 Å². The molecule has 9 heteroatoms. The van der Waals surface area contributed by atoms with Gasteiger partial charge in [0.25, 0.3) is 0 Å². The lowest BCUT2D eigenvalue weighted by atomic mass is 9.79. The monoisotopic (exact) mass is 405 g/mol. The maximum Gasteiger partial charge on any atom is 0.499 e. The first-order chi connectivity index (χ1) is 13.8. The molecule has 2 heterocycles. The lowest BCUT2D eigenvalue weighted by Crippen LogP contribution is -2.23. The normalized spacial score (nSPS) is 14.5. The van der Waals surface area contributed by atoms with E-state index < -0.39 is 17.8 Å². The van der Waals surface area contributed by atoms with E-state index >= 15 is 4.39 Å². The first-order valence-corrected chi connectivity index (χ1v) is 9.01. The van der Waals surface area contributed by atoms with Gasteiger partial charge in [-0.1, -0.05) is 18.6 Å². The van der Waals surface area contributed by atoms with E-state index in [9.17, 15) is 13.2 Å². The van der Waals surface area contributed by atoms with E-state index in [0.717, 1.165) is 25.5 Å². The lowest BCUT2D eigenvalue weighted by Gasteiger charge is -2.27. The van der Waals surface area contributed by atoms with Crippen LogP contribution in [0.5, 0.6) is 11.6 Å². The van der Waals surface area contributed by atoms with Gasteiger partial charge in [0, 0.05) is 27.9 Å². The third-order valence-corrected chi connectivity index (χ3v) is 4.91. The summed E-state index contributed by atoms with van der Waals surface area (Å²) < 4.78 is 59.8.